The minimum Gasteiger partial charge on any atom is -0.480 e. The third-order valence-electron chi connectivity index (χ3n) is 10.8. The van der Waals surface area contributed by atoms with Crippen LogP contribution >= 0.6 is 0 Å². The molecule has 1 amide bonds. The Kier molecular flexibility index (Phi) is 7.10. The molecule has 0 aromatic heterocycles. The topological polar surface area (TPSA) is 147 Å². The number of fused-ring (bicyclic) bond motifs is 5. The van der Waals surface area contributed by atoms with Gasteiger partial charge in [0.25, 0.3) is 0 Å². The van der Waals surface area contributed by atoms with E-state index in [9.17, 15) is 30.0 Å². The number of hydrogen-bond acceptors (Lipinski definition) is 6. The quantitative estimate of drug-likeness (QED) is 0.337. The summed E-state index contributed by atoms with van der Waals surface area (Å²) in [5.41, 5.74) is -0.385. The van der Waals surface area contributed by atoms with Gasteiger partial charge in [-0.25, -0.2) is 0 Å². The van der Waals surface area contributed by atoms with Crippen molar-refractivity contribution in [2.45, 2.75) is 96.6 Å². The number of hydrogen-bond donors (Lipinski definition) is 6. The van der Waals surface area contributed by atoms with Gasteiger partial charge in [-0.3, -0.25) is 9.59 Å². The fraction of sp³-hybridized carbons (Fsp3) is 0.923. The van der Waals surface area contributed by atoms with Crippen LogP contribution < -0.4 is 5.32 Å². The Morgan fingerprint density at radius 2 is 1.74 bits per heavy atom. The highest BCUT2D eigenvalue weighted by molar-refractivity contribution is 5.84. The third kappa shape index (κ3) is 4.18. The third-order valence-corrected chi connectivity index (χ3v) is 10.8. The fourth-order valence-corrected chi connectivity index (χ4v) is 9.04. The Bertz CT molecular complexity index is 791. The molecule has 0 aromatic carbocycles. The number of aliphatic hydroxyl groups is 4. The van der Waals surface area contributed by atoms with Gasteiger partial charge in [-0.05, 0) is 97.7 Å². The molecule has 0 bridgehead atoms. The lowest BCUT2D eigenvalue weighted by molar-refractivity contribution is -0.207. The molecule has 6 N–H and O–H groups in total. The highest BCUT2D eigenvalue weighted by Gasteiger charge is 2.65. The number of nitrogens with one attached hydrogen (secondary N) is 1. The largest absolute Gasteiger partial charge is 0.480 e. The van der Waals surface area contributed by atoms with Gasteiger partial charge < -0.3 is 30.8 Å². The molecule has 8 nitrogen and oxygen atoms in total. The van der Waals surface area contributed by atoms with Crippen molar-refractivity contribution in [2.24, 2.45) is 46.3 Å². The van der Waals surface area contributed by atoms with Gasteiger partial charge in [-0.1, -0.05) is 20.8 Å². The monoisotopic (exact) mass is 481 g/mol. The smallest absolute Gasteiger partial charge is 0.322 e. The highest BCUT2D eigenvalue weighted by Crippen LogP contribution is 2.68. The van der Waals surface area contributed by atoms with E-state index >= 15 is 0 Å². The number of amides is 1. The average Bonchev–Trinajstić information content (AvgIpc) is 3.12. The standard InChI is InChI=1S/C26H43NO7/c1-13(8-20(30)24(34)27-12-22(32)33)16-4-5-17-23-18(11-21(31)26(16,17)3)25(2)7-6-15(28)9-14(25)10-19(23)29/h13-21,23,28-31H,4-12H2,1-3H3,(H,27,34)(H,32,33)/t13-,14?,15-,16-,17+,18+,19+,20?,21+,23+,25+,26-/m1/s1. The van der Waals surface area contributed by atoms with E-state index in [0.29, 0.717) is 12.8 Å². The Labute approximate surface area is 202 Å². The van der Waals surface area contributed by atoms with Crippen molar-refractivity contribution in [3.05, 3.63) is 0 Å². The first kappa shape index (κ1) is 25.9. The van der Waals surface area contributed by atoms with E-state index in [-0.39, 0.29) is 53.4 Å². The summed E-state index contributed by atoms with van der Waals surface area (Å²) in [6, 6.07) is 0. The predicted octanol–water partition coefficient (Wildman–Crippen LogP) is 1.54. The van der Waals surface area contributed by atoms with Crippen LogP contribution in [0.4, 0.5) is 0 Å². The summed E-state index contributed by atoms with van der Waals surface area (Å²) in [6.45, 7) is 5.92. The first-order valence-corrected chi connectivity index (χ1v) is 13.1. The number of carboxylic acid groups (broad SMARTS) is 1. The van der Waals surface area contributed by atoms with E-state index < -0.39 is 42.1 Å². The second-order valence-electron chi connectivity index (χ2n) is 12.4. The molecule has 4 aliphatic rings. The van der Waals surface area contributed by atoms with Crippen molar-refractivity contribution in [3.8, 4) is 0 Å². The number of aliphatic carboxylic acids is 1. The van der Waals surface area contributed by atoms with E-state index in [4.69, 9.17) is 5.11 Å². The molecule has 0 spiro atoms. The van der Waals surface area contributed by atoms with Gasteiger partial charge in [-0.2, -0.15) is 0 Å². The Morgan fingerprint density at radius 1 is 1.03 bits per heavy atom. The van der Waals surface area contributed by atoms with Gasteiger partial charge >= 0.3 is 5.97 Å². The van der Waals surface area contributed by atoms with Crippen LogP contribution in [-0.2, 0) is 9.59 Å². The molecule has 0 aromatic rings. The maximum Gasteiger partial charge on any atom is 0.322 e. The SMILES string of the molecule is C[C@H](CC(O)C(=O)NCC(=O)O)[C@H]1CC[C@H]2[C@@H]3[C@@H](O)CC4C[C@H](O)CC[C@]4(C)[C@H]3C[C@H](O)[C@]12C. The van der Waals surface area contributed by atoms with E-state index in [0.717, 1.165) is 32.1 Å². The van der Waals surface area contributed by atoms with Crippen molar-refractivity contribution in [2.75, 3.05) is 6.54 Å². The highest BCUT2D eigenvalue weighted by atomic mass is 16.4. The van der Waals surface area contributed by atoms with E-state index in [1.165, 1.54) is 0 Å². The van der Waals surface area contributed by atoms with Crippen LogP contribution in [-0.4, -0.2) is 68.4 Å². The summed E-state index contributed by atoms with van der Waals surface area (Å²) in [7, 11) is 0. The van der Waals surface area contributed by atoms with Crippen LogP contribution in [0.3, 0.4) is 0 Å². The minimum absolute atomic E-state index is 0.0214. The van der Waals surface area contributed by atoms with Crippen LogP contribution in [0.1, 0.15) is 72.1 Å². The fourth-order valence-electron chi connectivity index (χ4n) is 9.04. The van der Waals surface area contributed by atoms with E-state index in [1.807, 2.05) is 6.92 Å². The van der Waals surface area contributed by atoms with Gasteiger partial charge in [-0.15, -0.1) is 0 Å². The van der Waals surface area contributed by atoms with Gasteiger partial charge in [0.1, 0.15) is 12.6 Å². The van der Waals surface area contributed by atoms with Crippen molar-refractivity contribution in [1.82, 2.24) is 5.32 Å². The number of aliphatic hydroxyl groups excluding tert-OH is 4. The molecule has 4 aliphatic carbocycles. The maximum absolute atomic E-state index is 12.1. The summed E-state index contributed by atoms with van der Waals surface area (Å²) in [4.78, 5) is 22.8. The first-order valence-electron chi connectivity index (χ1n) is 13.1. The number of carboxylic acids is 1. The van der Waals surface area contributed by atoms with Crippen LogP contribution in [0.25, 0.3) is 0 Å². The maximum atomic E-state index is 12.1. The summed E-state index contributed by atoms with van der Waals surface area (Å²) in [5, 5.41) is 54.6. The van der Waals surface area contributed by atoms with Crippen molar-refractivity contribution in [1.29, 1.82) is 0 Å². The number of carbonyl (C=O) groups is 2. The zero-order valence-electron chi connectivity index (χ0n) is 20.7. The molecule has 4 rings (SSSR count). The molecule has 8 heteroatoms. The average molecular weight is 482 g/mol. The number of rotatable bonds is 6. The number of carbonyl (C=O) groups excluding carboxylic acids is 1. The second-order valence-corrected chi connectivity index (χ2v) is 12.4. The van der Waals surface area contributed by atoms with Gasteiger partial charge in [0.05, 0.1) is 18.3 Å². The molecular weight excluding hydrogens is 438 g/mol. The van der Waals surface area contributed by atoms with Gasteiger partial charge in [0, 0.05) is 0 Å². The molecule has 2 unspecified atom stereocenters. The summed E-state index contributed by atoms with van der Waals surface area (Å²) < 4.78 is 0. The molecule has 4 fully saturated rings. The van der Waals surface area contributed by atoms with Crippen LogP contribution in [0.5, 0.6) is 0 Å². The first-order chi connectivity index (χ1) is 15.9. The molecule has 0 saturated heterocycles. The molecule has 0 heterocycles. The molecule has 0 radical (unpaired) electrons. The Hall–Kier alpha value is -1.22. The lowest BCUT2D eigenvalue weighted by Gasteiger charge is -2.63. The molecule has 12 atom stereocenters. The zero-order chi connectivity index (χ0) is 25.0. The van der Waals surface area contributed by atoms with E-state index in [1.54, 1.807) is 0 Å². The molecule has 4 saturated carbocycles. The normalized spacial score (nSPS) is 47.6. The van der Waals surface area contributed by atoms with Crippen LogP contribution in [0.2, 0.25) is 0 Å². The zero-order valence-corrected chi connectivity index (χ0v) is 20.7. The van der Waals surface area contributed by atoms with Gasteiger partial charge in [0.15, 0.2) is 0 Å². The summed E-state index contributed by atoms with van der Waals surface area (Å²) in [5.74, 6) is -0.990. The second kappa shape index (κ2) is 9.34. The molecular formula is C26H43NO7. The van der Waals surface area contributed by atoms with Gasteiger partial charge in [0.2, 0.25) is 5.91 Å². The van der Waals surface area contributed by atoms with Crippen LogP contribution in [0.15, 0.2) is 0 Å². The van der Waals surface area contributed by atoms with Crippen molar-refractivity contribution in [3.63, 3.8) is 0 Å². The summed E-state index contributed by atoms with van der Waals surface area (Å²) in [6.07, 6.45) is 3.23. The lowest BCUT2D eigenvalue weighted by atomic mass is 9.43. The molecule has 194 valence electrons. The minimum atomic E-state index is -1.29. The van der Waals surface area contributed by atoms with Crippen molar-refractivity contribution < 1.29 is 35.1 Å². The van der Waals surface area contributed by atoms with Crippen LogP contribution in [0, 0.1) is 46.3 Å². The predicted molar refractivity (Wildman–Crippen MR) is 124 cm³/mol. The molecule has 34 heavy (non-hydrogen) atoms. The summed E-state index contributed by atoms with van der Waals surface area (Å²) >= 11 is 0. The molecule has 0 aliphatic heterocycles. The Morgan fingerprint density at radius 3 is 2.41 bits per heavy atom. The Balaban J connectivity index is 1.51. The van der Waals surface area contributed by atoms with E-state index in [2.05, 4.69) is 19.2 Å². The van der Waals surface area contributed by atoms with Crippen molar-refractivity contribution >= 4 is 11.9 Å². The lowest BCUT2D eigenvalue weighted by Crippen LogP contribution is -2.62.